The Morgan fingerprint density at radius 2 is 0.720 bits per heavy atom. The van der Waals surface area contributed by atoms with E-state index < -0.39 is 151 Å². The Bertz CT molecular complexity index is 2060. The highest BCUT2D eigenvalue weighted by Gasteiger charge is 2.36. The number of aliphatic hydroxyl groups excluding tert-OH is 1. The lowest BCUT2D eigenvalue weighted by molar-refractivity contribution is -0.460. The third kappa shape index (κ3) is 29.3. The van der Waals surface area contributed by atoms with Crippen LogP contribution in [0, 0.1) is 5.92 Å². The van der Waals surface area contributed by atoms with Crippen LogP contribution in [0.1, 0.15) is 97.8 Å². The van der Waals surface area contributed by atoms with E-state index in [0.717, 1.165) is 6.92 Å². The van der Waals surface area contributed by atoms with Crippen LogP contribution in [0.15, 0.2) is 0 Å². The van der Waals surface area contributed by atoms with Crippen LogP contribution in [0.3, 0.4) is 0 Å². The quantitative estimate of drug-likeness (QED) is 0.0155. The number of hydrogen-bond acceptors (Lipinski definition) is 13. The van der Waals surface area contributed by atoms with Gasteiger partial charge in [0.2, 0.25) is 53.2 Å². The molecule has 9 amide bonds. The molecule has 0 aromatic heterocycles. The van der Waals surface area contributed by atoms with E-state index in [2.05, 4.69) is 52.2 Å². The summed E-state index contributed by atoms with van der Waals surface area (Å²) in [7, 11) is 0. The fraction of sp³-hybridized carbons (Fsp3) is 0.667. The molecule has 0 unspecified atom stereocenters. The Balaban J connectivity index is 7.04. The minimum Gasteiger partial charge on any atom is -0.481 e. The van der Waals surface area contributed by atoms with Crippen LogP contribution in [-0.4, -0.2) is 172 Å². The summed E-state index contributed by atoms with van der Waals surface area (Å²) in [6.45, 7) is 4.33. The van der Waals surface area contributed by atoms with Crippen molar-refractivity contribution in [1.82, 2.24) is 37.2 Å². The van der Waals surface area contributed by atoms with Crippen LogP contribution in [0.4, 0.5) is 0 Å². The second-order valence-electron chi connectivity index (χ2n) is 17.7. The largest absolute Gasteiger partial charge is 0.481 e. The van der Waals surface area contributed by atoms with Gasteiger partial charge in [-0.15, -0.1) is 0 Å². The van der Waals surface area contributed by atoms with E-state index >= 15 is 0 Å². The van der Waals surface area contributed by atoms with Crippen molar-refractivity contribution in [3.8, 4) is 0 Å². The molecule has 424 valence electrons. The summed E-state index contributed by atoms with van der Waals surface area (Å²) in [5.41, 5.74) is 49.4. The first-order valence-corrected chi connectivity index (χ1v) is 23.9. The van der Waals surface area contributed by atoms with Gasteiger partial charge in [-0.2, -0.15) is 0 Å². The maximum atomic E-state index is 14.2. The zero-order valence-electron chi connectivity index (χ0n) is 42.4. The number of carbonyl (C=O) groups is 11. The van der Waals surface area contributed by atoms with Crippen molar-refractivity contribution in [2.75, 3.05) is 19.6 Å². The molecule has 31 N–H and O–H groups in total. The molecule has 0 aromatic rings. The highest BCUT2D eigenvalue weighted by atomic mass is 16.4. The average Bonchev–Trinajstić information content (AvgIpc) is 3.30. The minimum atomic E-state index is -1.93. The van der Waals surface area contributed by atoms with Gasteiger partial charge in [0.15, 0.2) is 0 Å². The summed E-state index contributed by atoms with van der Waals surface area (Å²) in [5.74, 6) is -12.9. The second kappa shape index (κ2) is 35.1. The van der Waals surface area contributed by atoms with Gasteiger partial charge in [0.25, 0.3) is 0 Å². The zero-order valence-corrected chi connectivity index (χ0v) is 42.4. The molecular weight excluding hydrogens is 995 g/mol. The maximum Gasteiger partial charge on any atom is 0.338 e. The van der Waals surface area contributed by atoms with Crippen molar-refractivity contribution in [2.24, 2.45) is 57.5 Å². The van der Waals surface area contributed by atoms with Gasteiger partial charge in [-0.25, -0.2) is 4.79 Å². The molecule has 33 nitrogen and oxygen atoms in total. The monoisotopic (exact) mass is 1070 g/mol. The van der Waals surface area contributed by atoms with E-state index in [1.54, 1.807) is 0 Å². The number of aliphatic hydroxyl groups is 1. The summed E-state index contributed by atoms with van der Waals surface area (Å²) in [4.78, 5) is 151. The van der Waals surface area contributed by atoms with E-state index in [0.29, 0.717) is 0 Å². The summed E-state index contributed by atoms with van der Waals surface area (Å²) < 4.78 is 0. The lowest BCUT2D eigenvalue weighted by Crippen LogP contribution is -2.78. The second-order valence-corrected chi connectivity index (χ2v) is 17.7. The van der Waals surface area contributed by atoms with Crippen molar-refractivity contribution in [2.45, 2.75) is 152 Å². The number of carbonyl (C=O) groups excluding carboxylic acids is 9. The molecule has 0 heterocycles. The molecule has 0 saturated heterocycles. The van der Waals surface area contributed by atoms with E-state index in [1.807, 2.05) is 0 Å². The molecule has 0 radical (unpaired) electrons. The molecule has 0 rings (SSSR count). The predicted molar refractivity (Wildman–Crippen MR) is 265 cm³/mol. The molecule has 0 aromatic carbocycles. The topological polar surface area (TPSA) is 609 Å². The van der Waals surface area contributed by atoms with E-state index in [1.165, 1.54) is 13.8 Å². The number of nitrogens with one attached hydrogen (secondary N) is 10. The molecule has 0 spiro atoms. The van der Waals surface area contributed by atoms with Crippen LogP contribution in [0.25, 0.3) is 0 Å². The van der Waals surface area contributed by atoms with Crippen LogP contribution < -0.4 is 104 Å². The smallest absolute Gasteiger partial charge is 0.338 e. The predicted octanol–water partition coefficient (Wildman–Crippen LogP) is -14.4. The fourth-order valence-corrected chi connectivity index (χ4v) is 6.73. The van der Waals surface area contributed by atoms with E-state index in [4.69, 9.17) is 51.6 Å². The first-order chi connectivity index (χ1) is 35.0. The van der Waals surface area contributed by atoms with Gasteiger partial charge >= 0.3 is 29.8 Å². The first-order valence-electron chi connectivity index (χ1n) is 23.9. The number of amides is 9. The molecular formula is C42H80N19O14+3. The standard InChI is InChI=1S/C42H77N19O14/c1-19(2)30(39(74)75)60-36(71)25(11-14-28(45)64)59-38(73)31(20(3)62)61-37(72)26(12-15-29(65)66)58-35(70)24(9-6-18-54-42(50)51)57-34(69)23(8-5-17-53-41(48)49)56-33(68)22(7-4-16-52-40(46)47)55-32(67)21(43)10-13-27(44)63/h19-26,30-31,62H,4-18,43H2,1-3H3,(H2,44,63)(H2,45,64)(H,55,67)(H,56,68)(H,57,69)(H,58,70)(H,59,73)(H,60,71)(H,61,72)(H,65,66)(H,74,75)(H4,46,47,52)(H4,48,49,53)(H4,50,51,54)/p+3/t20-,21+,22+,23+,24+,25+,26+,30+,31+/m1/s1. The average molecular weight is 1080 g/mol. The van der Waals surface area contributed by atoms with E-state index in [-0.39, 0.29) is 88.9 Å². The van der Waals surface area contributed by atoms with Gasteiger partial charge in [-0.05, 0) is 70.6 Å². The maximum absolute atomic E-state index is 14.2. The Morgan fingerprint density at radius 3 is 1.04 bits per heavy atom. The zero-order chi connectivity index (χ0) is 57.5. The number of carboxylic acids is 2. The fourth-order valence-electron chi connectivity index (χ4n) is 6.73. The van der Waals surface area contributed by atoms with Crippen molar-refractivity contribution in [1.29, 1.82) is 0 Å². The molecule has 0 bridgehead atoms. The van der Waals surface area contributed by atoms with Gasteiger partial charge in [-0.1, -0.05) is 13.8 Å². The number of rotatable bonds is 38. The molecule has 0 saturated carbocycles. The van der Waals surface area contributed by atoms with Crippen LogP contribution >= 0.6 is 0 Å². The minimum absolute atomic E-state index is 0.0389. The van der Waals surface area contributed by atoms with Gasteiger partial charge < -0.3 is 69.7 Å². The van der Waals surface area contributed by atoms with E-state index in [9.17, 15) is 68.1 Å². The molecule has 0 aliphatic rings. The summed E-state index contributed by atoms with van der Waals surface area (Å²) in [6, 6.07) is -12.5. The SMILES string of the molecule is CC(C)[C@H](NC(=O)[C@H](CCC(N)=O)NC(=O)[C@@H](NC(=O)[C@H](CCC(=O)O)NC(=O)[C@H](CCC[NH+]=C(N)N)NC(=O)[C@H](CCC[NH+]=C(N)N)NC(=O)[C@H](CCC[NH+]=C(N)N)NC(=O)[C@@H](N)CCC(N)=O)[C@@H](C)O)C(=O)O. The van der Waals surface area contributed by atoms with Crippen molar-refractivity contribution in [3.05, 3.63) is 0 Å². The lowest BCUT2D eigenvalue weighted by atomic mass is 10.0. The summed E-state index contributed by atoms with van der Waals surface area (Å²) >= 11 is 0. The van der Waals surface area contributed by atoms with Gasteiger partial charge in [0, 0.05) is 19.3 Å². The Morgan fingerprint density at radius 1 is 0.413 bits per heavy atom. The number of guanidine groups is 3. The first kappa shape index (κ1) is 66.9. The Hall–Kier alpha value is -8.10. The van der Waals surface area contributed by atoms with Crippen molar-refractivity contribution >= 4 is 83.0 Å². The van der Waals surface area contributed by atoms with Crippen molar-refractivity contribution < 1.29 is 83.0 Å². The number of nitrogens with two attached hydrogens (primary N) is 9. The molecule has 0 aliphatic carbocycles. The van der Waals surface area contributed by atoms with Crippen LogP contribution in [0.2, 0.25) is 0 Å². The lowest BCUT2D eigenvalue weighted by Gasteiger charge is -2.28. The third-order valence-electron chi connectivity index (χ3n) is 10.8. The Labute approximate surface area is 431 Å². The summed E-state index contributed by atoms with van der Waals surface area (Å²) in [5, 5.41) is 46.5. The Kier molecular flexibility index (Phi) is 31.3. The molecule has 33 heteroatoms. The highest BCUT2D eigenvalue weighted by Crippen LogP contribution is 2.10. The normalized spacial score (nSPS) is 14.4. The highest BCUT2D eigenvalue weighted by molar-refractivity contribution is 5.98. The number of primary amides is 2. The molecule has 0 aliphatic heterocycles. The summed E-state index contributed by atoms with van der Waals surface area (Å²) in [6.07, 6.45) is -4.53. The molecule has 9 atom stereocenters. The number of carboxylic acid groups (broad SMARTS) is 2. The van der Waals surface area contributed by atoms with Gasteiger partial charge in [-0.3, -0.25) is 97.3 Å². The van der Waals surface area contributed by atoms with Crippen LogP contribution in [-0.2, 0) is 52.7 Å². The van der Waals surface area contributed by atoms with Crippen LogP contribution in [0.5, 0.6) is 0 Å². The number of aliphatic carboxylic acids is 2. The molecule has 0 fully saturated rings. The molecule has 75 heavy (non-hydrogen) atoms. The number of hydrogen-bond donors (Lipinski definition) is 22. The van der Waals surface area contributed by atoms with Crippen molar-refractivity contribution in [3.63, 3.8) is 0 Å². The van der Waals surface area contributed by atoms with Gasteiger partial charge in [0.1, 0.15) is 42.3 Å². The van der Waals surface area contributed by atoms with Gasteiger partial charge in [0.05, 0.1) is 31.8 Å². The third-order valence-corrected chi connectivity index (χ3v) is 10.8.